The number of furan rings is 1. The minimum atomic E-state index is -0.498. The second kappa shape index (κ2) is 12.1. The number of rotatable bonds is 5. The fraction of sp³-hybridized carbons (Fsp3) is 0.0566. The van der Waals surface area contributed by atoms with Gasteiger partial charge in [-0.3, -0.25) is 0 Å². The molecule has 0 fully saturated rings. The first-order chi connectivity index (χ1) is 30.0. The van der Waals surface area contributed by atoms with Crippen molar-refractivity contribution in [2.24, 2.45) is 0 Å². The smallest absolute Gasteiger partial charge is 0.143 e. The average molecular weight is 711 g/mol. The number of benzene rings is 9. The molecule has 0 unspecified atom stereocenters. The third-order valence-corrected chi connectivity index (χ3v) is 11.3. The highest BCUT2D eigenvalue weighted by Gasteiger charge is 2.36. The van der Waals surface area contributed by atoms with Crippen LogP contribution in [0, 0.1) is 0 Å². The quantitative estimate of drug-likeness (QED) is 0.177. The highest BCUT2D eigenvalue weighted by Crippen LogP contribution is 2.52. The van der Waals surface area contributed by atoms with Gasteiger partial charge in [0.05, 0.1) is 20.7 Å². The molecule has 1 heterocycles. The zero-order valence-electron chi connectivity index (χ0n) is 37.2. The molecule has 10 aromatic rings. The molecular weight excluding hydrogens is 667 g/mol. The molecule has 1 aliphatic rings. The van der Waals surface area contributed by atoms with Gasteiger partial charge in [0.2, 0.25) is 0 Å². The molecule has 0 amide bonds. The van der Waals surface area contributed by atoms with E-state index in [4.69, 9.17) is 11.3 Å². The van der Waals surface area contributed by atoms with Crippen molar-refractivity contribution in [3.05, 3.63) is 199 Å². The maximum absolute atomic E-state index is 9.50. The van der Waals surface area contributed by atoms with Crippen molar-refractivity contribution < 1.29 is 14.0 Å². The van der Waals surface area contributed by atoms with Gasteiger partial charge in [-0.05, 0) is 109 Å². The van der Waals surface area contributed by atoms with E-state index < -0.39 is 24.2 Å². The van der Waals surface area contributed by atoms with Crippen LogP contribution in [0.1, 0.15) is 34.6 Å². The van der Waals surface area contributed by atoms with E-state index in [1.54, 1.807) is 0 Å². The Morgan fingerprint density at radius 2 is 1.22 bits per heavy atom. The molecule has 0 spiro atoms. The average Bonchev–Trinajstić information content (AvgIpc) is 3.79. The van der Waals surface area contributed by atoms with E-state index in [1.165, 1.54) is 22.3 Å². The Hall–Kier alpha value is -6.90. The van der Waals surface area contributed by atoms with Gasteiger partial charge in [0.15, 0.2) is 0 Å². The van der Waals surface area contributed by atoms with Crippen LogP contribution in [0.4, 0.5) is 17.1 Å². The van der Waals surface area contributed by atoms with E-state index in [1.807, 2.05) is 60.7 Å². The van der Waals surface area contributed by atoms with Gasteiger partial charge in [0.1, 0.15) is 11.2 Å². The van der Waals surface area contributed by atoms with Crippen LogP contribution in [0.2, 0.25) is 0 Å². The molecule has 11 rings (SSSR count). The van der Waals surface area contributed by atoms with E-state index in [-0.39, 0.29) is 39.9 Å². The molecule has 0 saturated carbocycles. The van der Waals surface area contributed by atoms with Gasteiger partial charge < -0.3 is 9.32 Å². The Morgan fingerprint density at radius 1 is 0.509 bits per heavy atom. The lowest BCUT2D eigenvalue weighted by molar-refractivity contribution is 0.660. The molecule has 0 atom stereocenters. The molecule has 9 aromatic carbocycles. The van der Waals surface area contributed by atoms with Crippen LogP contribution in [0.15, 0.2) is 192 Å². The molecular formula is C53H37NO. The summed E-state index contributed by atoms with van der Waals surface area (Å²) in [5, 5.41) is 2.78. The van der Waals surface area contributed by atoms with Gasteiger partial charge in [0, 0.05) is 27.6 Å². The molecule has 260 valence electrons. The van der Waals surface area contributed by atoms with Crippen molar-refractivity contribution in [1.29, 1.82) is 0 Å². The fourth-order valence-electron chi connectivity index (χ4n) is 8.63. The third kappa shape index (κ3) is 4.88. The van der Waals surface area contributed by atoms with Crippen LogP contribution in [-0.2, 0) is 5.41 Å². The largest absolute Gasteiger partial charge is 0.455 e. The fourth-order valence-corrected chi connectivity index (χ4v) is 8.63. The van der Waals surface area contributed by atoms with Crippen molar-refractivity contribution in [3.63, 3.8) is 0 Å². The number of anilines is 3. The zero-order chi connectivity index (χ0) is 42.8. The molecule has 55 heavy (non-hydrogen) atoms. The van der Waals surface area contributed by atoms with E-state index in [9.17, 15) is 2.74 Å². The summed E-state index contributed by atoms with van der Waals surface area (Å²) >= 11 is 0. The monoisotopic (exact) mass is 710 g/mol. The van der Waals surface area contributed by atoms with Crippen LogP contribution in [-0.4, -0.2) is 0 Å². The Labute approximate surface area is 330 Å². The standard InChI is InChI=1S/C53H37NO/c1-53(2)47-20-11-10-18-42(47)43-30-29-40(32-48(43)53)54(39-27-25-36(26-28-39)34-13-4-3-5-14-34)49-21-12-22-50-51(49)46-33-45(41-17-8-9-19-44(41)52(46)55-50)38-24-23-35-15-6-7-16-37(35)31-38/h3-33H,1-2H3/i6D,7D,15D,16D,23D,24D,31D. The van der Waals surface area contributed by atoms with E-state index in [0.717, 1.165) is 44.3 Å². The van der Waals surface area contributed by atoms with Crippen LogP contribution in [0.5, 0.6) is 0 Å². The van der Waals surface area contributed by atoms with E-state index in [0.29, 0.717) is 22.1 Å². The summed E-state index contributed by atoms with van der Waals surface area (Å²) in [6, 6.07) is 47.1. The molecule has 0 radical (unpaired) electrons. The molecule has 1 aliphatic carbocycles. The van der Waals surface area contributed by atoms with Crippen molar-refractivity contribution in [3.8, 4) is 33.4 Å². The number of fused-ring (bicyclic) bond motifs is 9. The number of hydrogen-bond donors (Lipinski definition) is 0. The highest BCUT2D eigenvalue weighted by molar-refractivity contribution is 6.22. The number of hydrogen-bond acceptors (Lipinski definition) is 2. The first-order valence-corrected chi connectivity index (χ1v) is 18.5. The third-order valence-electron chi connectivity index (χ3n) is 11.3. The molecule has 2 nitrogen and oxygen atoms in total. The van der Waals surface area contributed by atoms with Gasteiger partial charge in [-0.25, -0.2) is 0 Å². The minimum absolute atomic E-state index is 0.0827. The Balaban J connectivity index is 1.20. The van der Waals surface area contributed by atoms with Crippen molar-refractivity contribution in [2.45, 2.75) is 19.3 Å². The van der Waals surface area contributed by atoms with Crippen molar-refractivity contribution in [2.75, 3.05) is 4.90 Å². The topological polar surface area (TPSA) is 16.4 Å². The summed E-state index contributed by atoms with van der Waals surface area (Å²) in [7, 11) is 0. The van der Waals surface area contributed by atoms with Crippen LogP contribution >= 0.6 is 0 Å². The Bertz CT molecular complexity index is 3520. The maximum atomic E-state index is 9.50. The van der Waals surface area contributed by atoms with Gasteiger partial charge in [-0.15, -0.1) is 0 Å². The van der Waals surface area contributed by atoms with E-state index in [2.05, 4.69) is 104 Å². The molecule has 2 heteroatoms. The van der Waals surface area contributed by atoms with Crippen LogP contribution in [0.3, 0.4) is 0 Å². The number of nitrogens with zero attached hydrogens (tertiary/aromatic N) is 1. The molecule has 1 aromatic heterocycles. The van der Waals surface area contributed by atoms with Crippen molar-refractivity contribution >= 4 is 60.5 Å². The van der Waals surface area contributed by atoms with Gasteiger partial charge in [-0.1, -0.05) is 153 Å². The lowest BCUT2D eigenvalue weighted by atomic mass is 9.82. The van der Waals surface area contributed by atoms with Crippen molar-refractivity contribution in [1.82, 2.24) is 0 Å². The Kier molecular flexibility index (Phi) is 5.52. The first-order valence-electron chi connectivity index (χ1n) is 22.0. The van der Waals surface area contributed by atoms with Crippen LogP contribution < -0.4 is 4.90 Å². The lowest BCUT2D eigenvalue weighted by Gasteiger charge is -2.29. The predicted molar refractivity (Wildman–Crippen MR) is 232 cm³/mol. The zero-order valence-corrected chi connectivity index (χ0v) is 30.2. The van der Waals surface area contributed by atoms with Gasteiger partial charge in [0.25, 0.3) is 0 Å². The molecule has 0 bridgehead atoms. The summed E-state index contributed by atoms with van der Waals surface area (Å²) in [4.78, 5) is 2.26. The van der Waals surface area contributed by atoms with Gasteiger partial charge in [-0.2, -0.15) is 0 Å². The first kappa shape index (κ1) is 25.2. The molecule has 0 N–H and O–H groups in total. The summed E-state index contributed by atoms with van der Waals surface area (Å²) in [5.74, 6) is 0. The molecule has 0 saturated heterocycles. The second-order valence-electron chi connectivity index (χ2n) is 14.7. The van der Waals surface area contributed by atoms with Gasteiger partial charge >= 0.3 is 0 Å². The second-order valence-corrected chi connectivity index (χ2v) is 14.7. The molecule has 0 aliphatic heterocycles. The lowest BCUT2D eigenvalue weighted by Crippen LogP contribution is -2.16. The normalized spacial score (nSPS) is 14.8. The SMILES string of the molecule is [2H]c1c([2H])c([2H])c2c([2H])c(-c3cc4c(oc5cccc(N(c6ccc(-c7ccccc7)cc6)c6ccc7c(c6)C(C)(C)c6ccccc6-7)c54)c4ccccc34)c([2H])c([2H])c2c1[2H]. The Morgan fingerprint density at radius 3 is 2.07 bits per heavy atom. The predicted octanol–water partition coefficient (Wildman–Crippen LogP) is 15.0. The van der Waals surface area contributed by atoms with Crippen LogP contribution in [0.25, 0.3) is 76.9 Å². The summed E-state index contributed by atoms with van der Waals surface area (Å²) in [6.07, 6.45) is 0. The van der Waals surface area contributed by atoms with E-state index >= 15 is 0 Å². The summed E-state index contributed by atoms with van der Waals surface area (Å²) in [6.45, 7) is 4.55. The summed E-state index contributed by atoms with van der Waals surface area (Å²) in [5.41, 5.74) is 11.6. The maximum Gasteiger partial charge on any atom is 0.143 e. The highest BCUT2D eigenvalue weighted by atomic mass is 16.3. The minimum Gasteiger partial charge on any atom is -0.455 e. The summed E-state index contributed by atoms with van der Waals surface area (Å²) < 4.78 is 68.8.